The van der Waals surface area contributed by atoms with Crippen LogP contribution in [0.3, 0.4) is 0 Å². The van der Waals surface area contributed by atoms with Crippen molar-refractivity contribution in [3.05, 3.63) is 52.0 Å². The largest absolute Gasteiger partial charge is 0.434 e. The third kappa shape index (κ3) is 2.91. The molecule has 0 unspecified atom stereocenters. The van der Waals surface area contributed by atoms with Crippen molar-refractivity contribution in [1.29, 1.82) is 0 Å². The summed E-state index contributed by atoms with van der Waals surface area (Å²) in [5.41, 5.74) is 3.40. The highest BCUT2D eigenvalue weighted by Crippen LogP contribution is 2.33. The molecule has 0 amide bonds. The van der Waals surface area contributed by atoms with Gasteiger partial charge in [0.25, 0.3) is 0 Å². The molecule has 0 aliphatic heterocycles. The quantitative estimate of drug-likeness (QED) is 0.765. The van der Waals surface area contributed by atoms with Gasteiger partial charge < -0.3 is 9.73 Å². The SMILES string of the molecule is CNCCc1ccccc1-c1nc2cc(Cl)cc(Cl)c2o1. The number of fused-ring (bicyclic) bond motifs is 1. The van der Waals surface area contributed by atoms with Crippen LogP contribution in [0.1, 0.15) is 5.56 Å². The molecule has 0 saturated heterocycles. The van der Waals surface area contributed by atoms with E-state index in [0.29, 0.717) is 27.0 Å². The van der Waals surface area contributed by atoms with Gasteiger partial charge in [-0.3, -0.25) is 0 Å². The minimum absolute atomic E-state index is 0.476. The zero-order valence-electron chi connectivity index (χ0n) is 11.5. The molecule has 0 aliphatic rings. The first-order valence-electron chi connectivity index (χ1n) is 6.67. The van der Waals surface area contributed by atoms with Crippen LogP contribution >= 0.6 is 23.2 Å². The molecule has 0 radical (unpaired) electrons. The van der Waals surface area contributed by atoms with Gasteiger partial charge in [-0.05, 0) is 43.8 Å². The summed E-state index contributed by atoms with van der Waals surface area (Å²) < 4.78 is 5.84. The number of likely N-dealkylation sites (N-methyl/N-ethyl adjacent to an activating group) is 1. The molecule has 0 fully saturated rings. The minimum Gasteiger partial charge on any atom is -0.434 e. The molecular formula is C16H14Cl2N2O. The number of benzene rings is 2. The summed E-state index contributed by atoms with van der Waals surface area (Å²) in [5.74, 6) is 0.570. The maximum absolute atomic E-state index is 6.16. The number of hydrogen-bond donors (Lipinski definition) is 1. The number of aromatic nitrogens is 1. The van der Waals surface area contributed by atoms with Crippen molar-refractivity contribution >= 4 is 34.3 Å². The second-order valence-electron chi connectivity index (χ2n) is 4.77. The first-order valence-corrected chi connectivity index (χ1v) is 7.43. The summed E-state index contributed by atoms with van der Waals surface area (Å²) in [7, 11) is 1.93. The second-order valence-corrected chi connectivity index (χ2v) is 5.61. The first kappa shape index (κ1) is 14.4. The first-order chi connectivity index (χ1) is 10.2. The number of nitrogens with zero attached hydrogens (tertiary/aromatic N) is 1. The molecule has 3 aromatic rings. The zero-order valence-corrected chi connectivity index (χ0v) is 13.0. The van der Waals surface area contributed by atoms with Crippen molar-refractivity contribution < 1.29 is 4.42 Å². The van der Waals surface area contributed by atoms with Gasteiger partial charge in [0.05, 0.1) is 5.02 Å². The molecular weight excluding hydrogens is 307 g/mol. The lowest BCUT2D eigenvalue weighted by atomic mass is 10.0. The minimum atomic E-state index is 0.476. The van der Waals surface area contributed by atoms with Crippen molar-refractivity contribution in [3.63, 3.8) is 0 Å². The molecule has 5 heteroatoms. The third-order valence-electron chi connectivity index (χ3n) is 3.30. The van der Waals surface area contributed by atoms with Crippen molar-refractivity contribution in [3.8, 4) is 11.5 Å². The highest BCUT2D eigenvalue weighted by molar-refractivity contribution is 6.38. The van der Waals surface area contributed by atoms with Crippen molar-refractivity contribution in [2.24, 2.45) is 0 Å². The van der Waals surface area contributed by atoms with E-state index in [0.717, 1.165) is 18.5 Å². The Bertz CT molecular complexity index is 783. The van der Waals surface area contributed by atoms with Gasteiger partial charge >= 0.3 is 0 Å². The maximum Gasteiger partial charge on any atom is 0.227 e. The normalized spacial score (nSPS) is 11.2. The number of hydrogen-bond acceptors (Lipinski definition) is 3. The summed E-state index contributed by atoms with van der Waals surface area (Å²) in [6, 6.07) is 11.5. The Kier molecular flexibility index (Phi) is 4.15. The standard InChI is InChI=1S/C16H14Cl2N2O/c1-19-7-6-10-4-2-3-5-12(10)16-20-14-9-11(17)8-13(18)15(14)21-16/h2-5,8-9,19H,6-7H2,1H3. The van der Waals surface area contributed by atoms with Crippen LogP contribution in [0.2, 0.25) is 10.0 Å². The van der Waals surface area contributed by atoms with E-state index < -0.39 is 0 Å². The van der Waals surface area contributed by atoms with Crippen LogP contribution in [0, 0.1) is 0 Å². The molecule has 1 aromatic heterocycles. The van der Waals surface area contributed by atoms with Gasteiger partial charge in [0.2, 0.25) is 5.89 Å². The number of rotatable bonds is 4. The number of nitrogens with one attached hydrogen (secondary N) is 1. The fraction of sp³-hybridized carbons (Fsp3) is 0.188. The van der Waals surface area contributed by atoms with Gasteiger partial charge in [-0.1, -0.05) is 41.4 Å². The van der Waals surface area contributed by atoms with Crippen molar-refractivity contribution in [1.82, 2.24) is 10.3 Å². The summed E-state index contributed by atoms with van der Waals surface area (Å²) in [5, 5.41) is 4.18. The van der Waals surface area contributed by atoms with Gasteiger partial charge in [0.1, 0.15) is 5.52 Å². The van der Waals surface area contributed by atoms with Crippen LogP contribution in [0.4, 0.5) is 0 Å². The van der Waals surface area contributed by atoms with Gasteiger partial charge in [0, 0.05) is 10.6 Å². The van der Waals surface area contributed by atoms with Crippen LogP contribution < -0.4 is 5.32 Å². The third-order valence-corrected chi connectivity index (χ3v) is 3.80. The van der Waals surface area contributed by atoms with Crippen LogP contribution in [0.15, 0.2) is 40.8 Å². The van der Waals surface area contributed by atoms with Gasteiger partial charge in [-0.25, -0.2) is 4.98 Å². The summed E-state index contributed by atoms with van der Waals surface area (Å²) in [6.07, 6.45) is 0.903. The predicted octanol–water partition coefficient (Wildman–Crippen LogP) is 4.56. The van der Waals surface area contributed by atoms with E-state index in [4.69, 9.17) is 27.6 Å². The van der Waals surface area contributed by atoms with E-state index in [-0.39, 0.29) is 0 Å². The molecule has 0 spiro atoms. The average molecular weight is 321 g/mol. The fourth-order valence-corrected chi connectivity index (χ4v) is 2.80. The smallest absolute Gasteiger partial charge is 0.227 e. The maximum atomic E-state index is 6.16. The Morgan fingerprint density at radius 3 is 2.81 bits per heavy atom. The molecule has 1 N–H and O–H groups in total. The summed E-state index contributed by atoms with van der Waals surface area (Å²) in [6.45, 7) is 0.893. The Balaban J connectivity index is 2.10. The molecule has 0 aliphatic carbocycles. The van der Waals surface area contributed by atoms with E-state index in [9.17, 15) is 0 Å². The Morgan fingerprint density at radius 2 is 2.00 bits per heavy atom. The highest BCUT2D eigenvalue weighted by Gasteiger charge is 2.14. The van der Waals surface area contributed by atoms with Crippen LogP contribution in [0.25, 0.3) is 22.6 Å². The lowest BCUT2D eigenvalue weighted by Crippen LogP contribution is -2.10. The van der Waals surface area contributed by atoms with E-state index in [2.05, 4.69) is 16.4 Å². The molecule has 2 aromatic carbocycles. The summed E-state index contributed by atoms with van der Waals surface area (Å²) >= 11 is 12.2. The van der Waals surface area contributed by atoms with Gasteiger partial charge in [-0.15, -0.1) is 0 Å². The van der Waals surface area contributed by atoms with E-state index in [1.54, 1.807) is 12.1 Å². The van der Waals surface area contributed by atoms with E-state index in [1.165, 1.54) is 5.56 Å². The topological polar surface area (TPSA) is 38.1 Å². The van der Waals surface area contributed by atoms with Crippen LogP contribution in [-0.2, 0) is 6.42 Å². The second kappa shape index (κ2) is 6.06. The highest BCUT2D eigenvalue weighted by atomic mass is 35.5. The molecule has 21 heavy (non-hydrogen) atoms. The molecule has 3 rings (SSSR count). The molecule has 0 saturated carbocycles. The van der Waals surface area contributed by atoms with Crippen molar-refractivity contribution in [2.45, 2.75) is 6.42 Å². The average Bonchev–Trinajstić information content (AvgIpc) is 2.89. The van der Waals surface area contributed by atoms with E-state index in [1.807, 2.05) is 25.2 Å². The lowest BCUT2D eigenvalue weighted by Gasteiger charge is -2.05. The summed E-state index contributed by atoms with van der Waals surface area (Å²) in [4.78, 5) is 4.52. The van der Waals surface area contributed by atoms with Gasteiger partial charge in [-0.2, -0.15) is 0 Å². The predicted molar refractivity (Wildman–Crippen MR) is 87.1 cm³/mol. The molecule has 108 valence electrons. The molecule has 1 heterocycles. The fourth-order valence-electron chi connectivity index (χ4n) is 2.28. The Labute approximate surface area is 132 Å². The number of oxazole rings is 1. The monoisotopic (exact) mass is 320 g/mol. The molecule has 0 atom stereocenters. The Morgan fingerprint density at radius 1 is 1.19 bits per heavy atom. The van der Waals surface area contributed by atoms with Crippen LogP contribution in [0.5, 0.6) is 0 Å². The molecule has 3 nitrogen and oxygen atoms in total. The van der Waals surface area contributed by atoms with Gasteiger partial charge in [0.15, 0.2) is 5.58 Å². The molecule has 0 bridgehead atoms. The van der Waals surface area contributed by atoms with Crippen LogP contribution in [-0.4, -0.2) is 18.6 Å². The number of halogens is 2. The lowest BCUT2D eigenvalue weighted by molar-refractivity contribution is 0.618. The van der Waals surface area contributed by atoms with Crippen molar-refractivity contribution in [2.75, 3.05) is 13.6 Å². The zero-order chi connectivity index (χ0) is 14.8. The Hall–Kier alpha value is -1.55. The van der Waals surface area contributed by atoms with E-state index >= 15 is 0 Å².